The molecule has 2 aromatic rings. The molecule has 0 unspecified atom stereocenters. The summed E-state index contributed by atoms with van der Waals surface area (Å²) in [6.07, 6.45) is 0.121. The second-order valence-corrected chi connectivity index (χ2v) is 6.53. The Morgan fingerprint density at radius 3 is 2.43 bits per heavy atom. The molecule has 1 fully saturated rings. The highest BCUT2D eigenvalue weighted by Gasteiger charge is 2.35. The van der Waals surface area contributed by atoms with Gasteiger partial charge in [-0.15, -0.1) is 0 Å². The molecular weight excluding hydrogens is 362 g/mol. The molecule has 1 aromatic carbocycles. The van der Waals surface area contributed by atoms with E-state index in [1.807, 2.05) is 19.9 Å². The van der Waals surface area contributed by atoms with Crippen LogP contribution in [0.5, 0.6) is 11.5 Å². The van der Waals surface area contributed by atoms with Crippen molar-refractivity contribution in [1.82, 2.24) is 15.4 Å². The number of benzene rings is 1. The summed E-state index contributed by atoms with van der Waals surface area (Å²) in [7, 11) is 3.08. The lowest BCUT2D eigenvalue weighted by atomic mass is 10.1. The molecule has 2 heterocycles. The number of hydrogen-bond acceptors (Lipinski definition) is 7. The van der Waals surface area contributed by atoms with E-state index in [0.29, 0.717) is 23.1 Å². The van der Waals surface area contributed by atoms with Crippen molar-refractivity contribution < 1.29 is 19.1 Å². The van der Waals surface area contributed by atoms with Crippen LogP contribution in [0.2, 0.25) is 0 Å². The first-order valence-corrected chi connectivity index (χ1v) is 8.81. The van der Waals surface area contributed by atoms with Crippen LogP contribution in [0.4, 0.5) is 11.6 Å². The van der Waals surface area contributed by atoms with Crippen molar-refractivity contribution in [3.05, 3.63) is 35.7 Å². The molecule has 1 aromatic heterocycles. The van der Waals surface area contributed by atoms with Crippen LogP contribution >= 0.6 is 0 Å². The number of rotatable bonds is 6. The van der Waals surface area contributed by atoms with E-state index in [1.54, 1.807) is 30.2 Å². The molecule has 0 aliphatic carbocycles. The molecule has 3 rings (SSSR count). The lowest BCUT2D eigenvalue weighted by Crippen LogP contribution is -2.37. The van der Waals surface area contributed by atoms with E-state index >= 15 is 0 Å². The van der Waals surface area contributed by atoms with Gasteiger partial charge in [0, 0.05) is 36.1 Å². The standard InChI is InChI=1S/C19H23N5O4/c1-11-7-12(2)21-19(20-11)23-22-18(26)13-8-17(25)24(10-13)14-5-6-15(27-3)16(9-14)28-4/h5-7,9,13H,8,10H2,1-4H3,(H,22,26)(H,20,21,23)/t13-/m0/s1. The van der Waals surface area contributed by atoms with Crippen LogP contribution in [0.15, 0.2) is 24.3 Å². The number of hydrogen-bond donors (Lipinski definition) is 2. The zero-order valence-electron chi connectivity index (χ0n) is 16.3. The van der Waals surface area contributed by atoms with Crippen LogP contribution < -0.4 is 25.2 Å². The molecule has 0 radical (unpaired) electrons. The van der Waals surface area contributed by atoms with Crippen molar-refractivity contribution in [2.75, 3.05) is 31.1 Å². The van der Waals surface area contributed by atoms with Crippen LogP contribution in [-0.2, 0) is 9.59 Å². The van der Waals surface area contributed by atoms with E-state index in [9.17, 15) is 9.59 Å². The summed E-state index contributed by atoms with van der Waals surface area (Å²) in [6, 6.07) is 7.05. The molecule has 1 saturated heterocycles. The highest BCUT2D eigenvalue weighted by molar-refractivity contribution is 6.00. The van der Waals surface area contributed by atoms with Crippen molar-refractivity contribution in [2.24, 2.45) is 5.92 Å². The van der Waals surface area contributed by atoms with Crippen LogP contribution in [0.3, 0.4) is 0 Å². The van der Waals surface area contributed by atoms with Gasteiger partial charge in [-0.3, -0.25) is 20.4 Å². The molecule has 1 aliphatic heterocycles. The monoisotopic (exact) mass is 385 g/mol. The molecule has 148 valence electrons. The maximum atomic E-state index is 12.5. The van der Waals surface area contributed by atoms with E-state index < -0.39 is 5.92 Å². The van der Waals surface area contributed by atoms with E-state index in [2.05, 4.69) is 20.8 Å². The lowest BCUT2D eigenvalue weighted by Gasteiger charge is -2.18. The van der Waals surface area contributed by atoms with Crippen LogP contribution in [0, 0.1) is 19.8 Å². The van der Waals surface area contributed by atoms with Crippen molar-refractivity contribution >= 4 is 23.5 Å². The quantitative estimate of drug-likeness (QED) is 0.728. The van der Waals surface area contributed by atoms with Gasteiger partial charge in [0.25, 0.3) is 0 Å². The van der Waals surface area contributed by atoms with Gasteiger partial charge >= 0.3 is 0 Å². The maximum absolute atomic E-state index is 12.5. The average molecular weight is 385 g/mol. The maximum Gasteiger partial charge on any atom is 0.243 e. The number of carbonyl (C=O) groups is 2. The lowest BCUT2D eigenvalue weighted by molar-refractivity contribution is -0.125. The minimum atomic E-state index is -0.487. The van der Waals surface area contributed by atoms with E-state index in [-0.39, 0.29) is 24.8 Å². The Bertz CT molecular complexity index is 882. The Kier molecular flexibility index (Phi) is 5.62. The summed E-state index contributed by atoms with van der Waals surface area (Å²) in [5.41, 5.74) is 7.55. The molecule has 0 bridgehead atoms. The summed E-state index contributed by atoms with van der Waals surface area (Å²) in [6.45, 7) is 3.96. The second kappa shape index (κ2) is 8.12. The number of nitrogens with zero attached hydrogens (tertiary/aromatic N) is 3. The normalized spacial score (nSPS) is 16.1. The Morgan fingerprint density at radius 1 is 1.11 bits per heavy atom. The predicted octanol–water partition coefficient (Wildman–Crippen LogP) is 1.61. The summed E-state index contributed by atoms with van der Waals surface area (Å²) in [4.78, 5) is 34.9. The first-order valence-electron chi connectivity index (χ1n) is 8.81. The number of methoxy groups -OCH3 is 2. The Morgan fingerprint density at radius 2 is 1.79 bits per heavy atom. The zero-order valence-corrected chi connectivity index (χ0v) is 16.3. The Hall–Kier alpha value is -3.36. The number of ether oxygens (including phenoxy) is 2. The topological polar surface area (TPSA) is 106 Å². The second-order valence-electron chi connectivity index (χ2n) is 6.53. The molecule has 9 nitrogen and oxygen atoms in total. The Labute approximate surface area is 163 Å². The fourth-order valence-electron chi connectivity index (χ4n) is 3.13. The largest absolute Gasteiger partial charge is 0.493 e. The minimum Gasteiger partial charge on any atom is -0.493 e. The van der Waals surface area contributed by atoms with Crippen LogP contribution in [0.1, 0.15) is 17.8 Å². The van der Waals surface area contributed by atoms with Gasteiger partial charge in [-0.1, -0.05) is 0 Å². The average Bonchev–Trinajstić information content (AvgIpc) is 3.06. The molecule has 28 heavy (non-hydrogen) atoms. The molecule has 2 amide bonds. The van der Waals surface area contributed by atoms with Gasteiger partial charge in [-0.2, -0.15) is 0 Å². The number of amides is 2. The van der Waals surface area contributed by atoms with Gasteiger partial charge in [0.2, 0.25) is 17.8 Å². The number of aromatic nitrogens is 2. The van der Waals surface area contributed by atoms with Crippen LogP contribution in [-0.4, -0.2) is 42.5 Å². The number of nitrogens with one attached hydrogen (secondary N) is 2. The zero-order chi connectivity index (χ0) is 20.3. The van der Waals surface area contributed by atoms with Crippen molar-refractivity contribution in [3.8, 4) is 11.5 Å². The summed E-state index contributed by atoms with van der Waals surface area (Å²) in [5.74, 6) is 0.499. The highest BCUT2D eigenvalue weighted by atomic mass is 16.5. The third kappa shape index (κ3) is 4.13. The first-order chi connectivity index (χ1) is 13.4. The molecule has 9 heteroatoms. The van der Waals surface area contributed by atoms with Crippen molar-refractivity contribution in [1.29, 1.82) is 0 Å². The van der Waals surface area contributed by atoms with Crippen molar-refractivity contribution in [2.45, 2.75) is 20.3 Å². The molecule has 1 atom stereocenters. The molecule has 0 spiro atoms. The number of aryl methyl sites for hydroxylation is 2. The van der Waals surface area contributed by atoms with Crippen LogP contribution in [0.25, 0.3) is 0 Å². The molecule has 1 aliphatic rings. The molecular formula is C19H23N5O4. The SMILES string of the molecule is COc1ccc(N2C[C@@H](C(=O)NNc3nc(C)cc(C)n3)CC2=O)cc1OC. The Balaban J connectivity index is 1.66. The van der Waals surface area contributed by atoms with Gasteiger partial charge in [0.1, 0.15) is 0 Å². The van der Waals surface area contributed by atoms with E-state index in [4.69, 9.17) is 9.47 Å². The van der Waals surface area contributed by atoms with Gasteiger partial charge < -0.3 is 14.4 Å². The summed E-state index contributed by atoms with van der Waals surface area (Å²) in [5, 5.41) is 0. The van der Waals surface area contributed by atoms with Gasteiger partial charge in [-0.05, 0) is 32.0 Å². The number of hydrazine groups is 1. The van der Waals surface area contributed by atoms with Gasteiger partial charge in [-0.25, -0.2) is 9.97 Å². The third-order valence-corrected chi connectivity index (χ3v) is 4.45. The van der Waals surface area contributed by atoms with E-state index in [1.165, 1.54) is 7.11 Å². The minimum absolute atomic E-state index is 0.121. The van der Waals surface area contributed by atoms with Crippen molar-refractivity contribution in [3.63, 3.8) is 0 Å². The van der Waals surface area contributed by atoms with Gasteiger partial charge in [0.05, 0.1) is 20.1 Å². The predicted molar refractivity (Wildman–Crippen MR) is 103 cm³/mol. The highest BCUT2D eigenvalue weighted by Crippen LogP contribution is 2.34. The third-order valence-electron chi connectivity index (χ3n) is 4.45. The number of anilines is 2. The smallest absolute Gasteiger partial charge is 0.243 e. The molecule has 2 N–H and O–H groups in total. The van der Waals surface area contributed by atoms with Gasteiger partial charge in [0.15, 0.2) is 11.5 Å². The molecule has 0 saturated carbocycles. The fourth-order valence-corrected chi connectivity index (χ4v) is 3.13. The number of carbonyl (C=O) groups excluding carboxylic acids is 2. The fraction of sp³-hybridized carbons (Fsp3) is 0.368. The first kappa shape index (κ1) is 19.4. The summed E-state index contributed by atoms with van der Waals surface area (Å²) >= 11 is 0. The van der Waals surface area contributed by atoms with E-state index in [0.717, 1.165) is 11.4 Å². The summed E-state index contributed by atoms with van der Waals surface area (Å²) < 4.78 is 10.5.